The minimum atomic E-state index is -0.424. The summed E-state index contributed by atoms with van der Waals surface area (Å²) in [6.45, 7) is 4.11. The van der Waals surface area contributed by atoms with Gasteiger partial charge in [-0.3, -0.25) is 9.69 Å². The Balaban J connectivity index is 1.32. The van der Waals surface area contributed by atoms with Crippen LogP contribution >= 0.6 is 0 Å². The number of carbonyl (C=O) groups is 1. The highest BCUT2D eigenvalue weighted by molar-refractivity contribution is 5.94. The predicted octanol–water partition coefficient (Wildman–Crippen LogP) is 3.85. The average Bonchev–Trinajstić information content (AvgIpc) is 3.33. The monoisotopic (exact) mass is 447 g/mol. The van der Waals surface area contributed by atoms with Crippen LogP contribution in [0.1, 0.15) is 22.0 Å². The van der Waals surface area contributed by atoms with E-state index in [2.05, 4.69) is 39.4 Å². The van der Waals surface area contributed by atoms with Crippen molar-refractivity contribution in [1.82, 2.24) is 10.2 Å². The lowest BCUT2D eigenvalue weighted by Gasteiger charge is -2.40. The van der Waals surface area contributed by atoms with Gasteiger partial charge in [0, 0.05) is 44.0 Å². The number of nitrogens with one attached hydrogen (secondary N) is 1. The molecule has 0 radical (unpaired) electrons. The lowest BCUT2D eigenvalue weighted by atomic mass is 10.0. The number of anilines is 1. The van der Waals surface area contributed by atoms with Crippen LogP contribution in [-0.2, 0) is 0 Å². The molecule has 2 aliphatic rings. The number of ether oxygens (including phenoxy) is 2. The molecular formula is C26H26FN3O3. The highest BCUT2D eigenvalue weighted by Crippen LogP contribution is 2.35. The van der Waals surface area contributed by atoms with Crippen LogP contribution in [0.2, 0.25) is 0 Å². The summed E-state index contributed by atoms with van der Waals surface area (Å²) in [6.07, 6.45) is 0. The zero-order valence-corrected chi connectivity index (χ0v) is 18.2. The molecule has 0 aliphatic carbocycles. The van der Waals surface area contributed by atoms with E-state index in [0.717, 1.165) is 43.2 Å². The maximum absolute atomic E-state index is 13.6. The van der Waals surface area contributed by atoms with Crippen molar-refractivity contribution in [2.24, 2.45) is 0 Å². The maximum Gasteiger partial charge on any atom is 0.251 e. The first-order chi connectivity index (χ1) is 16.2. The number of para-hydroxylation sites is 1. The number of amides is 1. The molecule has 170 valence electrons. The number of benzene rings is 3. The molecule has 7 heteroatoms. The Morgan fingerprint density at radius 3 is 2.48 bits per heavy atom. The molecule has 5 rings (SSSR count). The van der Waals surface area contributed by atoms with Gasteiger partial charge >= 0.3 is 0 Å². The molecule has 1 saturated heterocycles. The van der Waals surface area contributed by atoms with Crippen LogP contribution in [-0.4, -0.2) is 50.3 Å². The van der Waals surface area contributed by atoms with E-state index in [-0.39, 0.29) is 18.7 Å². The second kappa shape index (κ2) is 9.50. The normalized spacial score (nSPS) is 16.5. The van der Waals surface area contributed by atoms with E-state index in [1.54, 1.807) is 12.1 Å². The van der Waals surface area contributed by atoms with E-state index in [9.17, 15) is 9.18 Å². The topological polar surface area (TPSA) is 54.0 Å². The third kappa shape index (κ3) is 4.78. The fraction of sp³-hybridized carbons (Fsp3) is 0.269. The van der Waals surface area contributed by atoms with Gasteiger partial charge < -0.3 is 19.7 Å². The largest absolute Gasteiger partial charge is 0.454 e. The van der Waals surface area contributed by atoms with Crippen molar-refractivity contribution in [3.05, 3.63) is 89.7 Å². The third-order valence-corrected chi connectivity index (χ3v) is 6.20. The predicted molar refractivity (Wildman–Crippen MR) is 124 cm³/mol. The van der Waals surface area contributed by atoms with Crippen molar-refractivity contribution in [3.63, 3.8) is 0 Å². The van der Waals surface area contributed by atoms with Gasteiger partial charge in [-0.1, -0.05) is 30.3 Å². The Morgan fingerprint density at radius 2 is 1.70 bits per heavy atom. The zero-order valence-electron chi connectivity index (χ0n) is 18.2. The van der Waals surface area contributed by atoms with Gasteiger partial charge in [-0.2, -0.15) is 0 Å². The summed E-state index contributed by atoms with van der Waals surface area (Å²) in [5.41, 5.74) is 2.58. The molecule has 1 N–H and O–H groups in total. The molecule has 33 heavy (non-hydrogen) atoms. The average molecular weight is 448 g/mol. The molecule has 6 nitrogen and oxygen atoms in total. The van der Waals surface area contributed by atoms with Crippen molar-refractivity contribution in [2.45, 2.75) is 6.04 Å². The molecule has 1 fully saturated rings. The summed E-state index contributed by atoms with van der Waals surface area (Å²) in [5, 5.41) is 3.00. The summed E-state index contributed by atoms with van der Waals surface area (Å²) in [7, 11) is 0. The number of fused-ring (bicyclic) bond motifs is 1. The van der Waals surface area contributed by atoms with E-state index in [4.69, 9.17) is 9.47 Å². The van der Waals surface area contributed by atoms with Crippen LogP contribution in [0.15, 0.2) is 72.8 Å². The number of hydrogen-bond acceptors (Lipinski definition) is 5. The Hall–Kier alpha value is -3.58. The van der Waals surface area contributed by atoms with Gasteiger partial charge in [0.15, 0.2) is 11.5 Å². The number of halogens is 1. The lowest BCUT2D eigenvalue weighted by molar-refractivity contribution is 0.0929. The molecule has 3 aromatic rings. The summed E-state index contributed by atoms with van der Waals surface area (Å²) >= 11 is 0. The van der Waals surface area contributed by atoms with Gasteiger partial charge in [0.05, 0.1) is 6.04 Å². The number of rotatable bonds is 6. The Morgan fingerprint density at radius 1 is 0.909 bits per heavy atom. The fourth-order valence-electron chi connectivity index (χ4n) is 4.43. The van der Waals surface area contributed by atoms with Gasteiger partial charge in [0.2, 0.25) is 6.79 Å². The fourth-order valence-corrected chi connectivity index (χ4v) is 4.43. The summed E-state index contributed by atoms with van der Waals surface area (Å²) in [6, 6.07) is 22.0. The van der Waals surface area contributed by atoms with Crippen LogP contribution in [0.3, 0.4) is 0 Å². The molecule has 0 saturated carbocycles. The molecule has 1 amide bonds. The van der Waals surface area contributed by atoms with Crippen molar-refractivity contribution in [2.75, 3.05) is 44.4 Å². The minimum absolute atomic E-state index is 0.0464. The van der Waals surface area contributed by atoms with Gasteiger partial charge in [-0.05, 0) is 48.0 Å². The lowest BCUT2D eigenvalue weighted by Crippen LogP contribution is -2.50. The zero-order chi connectivity index (χ0) is 22.6. The first kappa shape index (κ1) is 21.3. The van der Waals surface area contributed by atoms with Crippen LogP contribution in [0.4, 0.5) is 10.1 Å². The van der Waals surface area contributed by atoms with Gasteiger partial charge in [-0.25, -0.2) is 4.39 Å². The minimum Gasteiger partial charge on any atom is -0.454 e. The van der Waals surface area contributed by atoms with Crippen molar-refractivity contribution in [3.8, 4) is 11.5 Å². The Bertz CT molecular complexity index is 1120. The Labute approximate surface area is 192 Å². The number of piperazine rings is 1. The van der Waals surface area contributed by atoms with E-state index < -0.39 is 5.82 Å². The standard InChI is InChI=1S/C26H26FN3O3/c27-21-6-4-5-20(15-21)26(31)28-17-23(19-9-10-24-25(16-19)33-18-32-24)30-13-11-29(12-14-30)22-7-2-1-3-8-22/h1-10,15-16,23H,11-14,17-18H2,(H,28,31)/t23-/m0/s1. The quantitative estimate of drug-likeness (QED) is 0.622. The third-order valence-electron chi connectivity index (χ3n) is 6.20. The van der Waals surface area contributed by atoms with Crippen molar-refractivity contribution in [1.29, 1.82) is 0 Å². The van der Waals surface area contributed by atoms with E-state index in [1.165, 1.54) is 17.8 Å². The van der Waals surface area contributed by atoms with Crippen molar-refractivity contribution < 1.29 is 18.7 Å². The number of carbonyl (C=O) groups excluding carboxylic acids is 1. The number of nitrogens with zero attached hydrogens (tertiary/aromatic N) is 2. The maximum atomic E-state index is 13.6. The molecule has 0 spiro atoms. The summed E-state index contributed by atoms with van der Waals surface area (Å²) in [5.74, 6) is 0.738. The molecule has 1 atom stereocenters. The molecule has 3 aromatic carbocycles. The first-order valence-corrected chi connectivity index (χ1v) is 11.1. The smallest absolute Gasteiger partial charge is 0.251 e. The second-order valence-electron chi connectivity index (χ2n) is 8.21. The van der Waals surface area contributed by atoms with E-state index >= 15 is 0 Å². The highest BCUT2D eigenvalue weighted by atomic mass is 19.1. The second-order valence-corrected chi connectivity index (χ2v) is 8.21. The summed E-state index contributed by atoms with van der Waals surface area (Å²) in [4.78, 5) is 17.4. The van der Waals surface area contributed by atoms with Gasteiger partial charge in [0.1, 0.15) is 5.82 Å². The van der Waals surface area contributed by atoms with Gasteiger partial charge in [-0.15, -0.1) is 0 Å². The van der Waals surface area contributed by atoms with Crippen LogP contribution in [0, 0.1) is 5.82 Å². The molecule has 0 unspecified atom stereocenters. The molecule has 2 heterocycles. The SMILES string of the molecule is O=C(NC[C@@H](c1ccc2c(c1)OCO2)N1CCN(c2ccccc2)CC1)c1cccc(F)c1. The van der Waals surface area contributed by atoms with E-state index in [0.29, 0.717) is 12.1 Å². The number of hydrogen-bond donors (Lipinski definition) is 1. The van der Waals surface area contributed by atoms with Crippen LogP contribution in [0.25, 0.3) is 0 Å². The van der Waals surface area contributed by atoms with Crippen LogP contribution < -0.4 is 19.7 Å². The highest BCUT2D eigenvalue weighted by Gasteiger charge is 2.27. The first-order valence-electron chi connectivity index (χ1n) is 11.1. The molecule has 2 aliphatic heterocycles. The Kier molecular flexibility index (Phi) is 6.13. The molecule has 0 aromatic heterocycles. The van der Waals surface area contributed by atoms with E-state index in [1.807, 2.05) is 24.3 Å². The summed E-state index contributed by atoms with van der Waals surface area (Å²) < 4.78 is 24.6. The van der Waals surface area contributed by atoms with Crippen LogP contribution in [0.5, 0.6) is 11.5 Å². The molecular weight excluding hydrogens is 421 g/mol. The molecule has 0 bridgehead atoms. The van der Waals surface area contributed by atoms with Gasteiger partial charge in [0.25, 0.3) is 5.91 Å². The van der Waals surface area contributed by atoms with Crippen molar-refractivity contribution >= 4 is 11.6 Å².